The Kier molecular flexibility index (Phi) is 3.08. The van der Waals surface area contributed by atoms with Gasteiger partial charge in [-0.05, 0) is 31.5 Å². The summed E-state index contributed by atoms with van der Waals surface area (Å²) < 4.78 is 15.0. The van der Waals surface area contributed by atoms with Crippen LogP contribution in [-0.2, 0) is 13.6 Å². The largest absolute Gasteiger partial charge is 0.377 e. The molecule has 0 amide bonds. The zero-order valence-electron chi connectivity index (χ0n) is 10.2. The summed E-state index contributed by atoms with van der Waals surface area (Å²) in [6, 6.07) is 4.69. The maximum Gasteiger partial charge on any atom is 0.152 e. The highest BCUT2D eigenvalue weighted by Gasteiger charge is 2.05. The summed E-state index contributed by atoms with van der Waals surface area (Å²) in [4.78, 5) is 0. The molecule has 0 unspecified atom stereocenters. The molecule has 5 heteroatoms. The molecule has 1 N–H and O–H groups in total. The van der Waals surface area contributed by atoms with Crippen LogP contribution in [0.3, 0.4) is 0 Å². The van der Waals surface area contributed by atoms with Gasteiger partial charge in [0, 0.05) is 12.7 Å². The number of anilines is 1. The van der Waals surface area contributed by atoms with Crippen molar-refractivity contribution in [3.63, 3.8) is 0 Å². The van der Waals surface area contributed by atoms with Gasteiger partial charge in [0.15, 0.2) is 5.82 Å². The predicted octanol–water partition coefficient (Wildman–Crippen LogP) is 2.18. The van der Waals surface area contributed by atoms with E-state index in [1.165, 1.54) is 12.1 Å². The number of hydrogen-bond donors (Lipinski definition) is 1. The first kappa shape index (κ1) is 11.6. The van der Waals surface area contributed by atoms with Crippen LogP contribution in [0.5, 0.6) is 0 Å². The third kappa shape index (κ3) is 2.43. The molecule has 0 spiro atoms. The minimum Gasteiger partial charge on any atom is -0.377 e. The van der Waals surface area contributed by atoms with Crippen LogP contribution in [0.1, 0.15) is 17.2 Å². The van der Waals surface area contributed by atoms with Crippen molar-refractivity contribution < 1.29 is 4.39 Å². The fraction of sp³-hybridized carbons (Fsp3) is 0.333. The Morgan fingerprint density at radius 2 is 2.06 bits per heavy atom. The highest BCUT2D eigenvalue weighted by Crippen LogP contribution is 2.16. The molecule has 0 saturated heterocycles. The van der Waals surface area contributed by atoms with Gasteiger partial charge in [-0.1, -0.05) is 6.07 Å². The van der Waals surface area contributed by atoms with Crippen molar-refractivity contribution in [2.75, 3.05) is 5.32 Å². The van der Waals surface area contributed by atoms with E-state index in [9.17, 15) is 4.39 Å². The Labute approximate surface area is 99.5 Å². The van der Waals surface area contributed by atoms with Gasteiger partial charge in [0.05, 0.1) is 6.54 Å². The van der Waals surface area contributed by atoms with Crippen LogP contribution in [0.15, 0.2) is 18.2 Å². The van der Waals surface area contributed by atoms with Crippen LogP contribution in [0.2, 0.25) is 0 Å². The first-order valence-corrected chi connectivity index (χ1v) is 5.43. The van der Waals surface area contributed by atoms with E-state index in [1.54, 1.807) is 6.07 Å². The van der Waals surface area contributed by atoms with Crippen LogP contribution in [0, 0.1) is 19.7 Å². The smallest absolute Gasteiger partial charge is 0.152 e. The lowest BCUT2D eigenvalue weighted by Gasteiger charge is -2.09. The van der Waals surface area contributed by atoms with E-state index >= 15 is 0 Å². The van der Waals surface area contributed by atoms with Crippen LogP contribution >= 0.6 is 0 Å². The Hall–Kier alpha value is -1.91. The van der Waals surface area contributed by atoms with Gasteiger partial charge in [-0.3, -0.25) is 0 Å². The van der Waals surface area contributed by atoms with Gasteiger partial charge in [0.2, 0.25) is 0 Å². The summed E-state index contributed by atoms with van der Waals surface area (Å²) >= 11 is 0. The second-order valence-corrected chi connectivity index (χ2v) is 4.04. The first-order valence-electron chi connectivity index (χ1n) is 5.43. The molecule has 0 atom stereocenters. The monoisotopic (exact) mass is 234 g/mol. The highest BCUT2D eigenvalue weighted by atomic mass is 19.1. The summed E-state index contributed by atoms with van der Waals surface area (Å²) in [6.07, 6.45) is 0. The Morgan fingerprint density at radius 1 is 1.29 bits per heavy atom. The number of halogens is 1. The van der Waals surface area contributed by atoms with Crippen LogP contribution < -0.4 is 5.32 Å². The number of hydrogen-bond acceptors (Lipinski definition) is 3. The number of benzene rings is 1. The lowest BCUT2D eigenvalue weighted by atomic mass is 10.2. The third-order valence-electron chi connectivity index (χ3n) is 2.82. The maximum atomic E-state index is 13.1. The van der Waals surface area contributed by atoms with Gasteiger partial charge < -0.3 is 9.88 Å². The summed E-state index contributed by atoms with van der Waals surface area (Å²) in [5.74, 6) is 1.44. The molecular formula is C12H15FN4. The lowest BCUT2D eigenvalue weighted by molar-refractivity contribution is 0.627. The molecule has 1 aromatic carbocycles. The van der Waals surface area contributed by atoms with Gasteiger partial charge in [-0.15, -0.1) is 10.2 Å². The molecule has 2 aromatic rings. The Morgan fingerprint density at radius 3 is 2.71 bits per heavy atom. The average molecular weight is 234 g/mol. The van der Waals surface area contributed by atoms with Gasteiger partial charge in [0.1, 0.15) is 11.6 Å². The zero-order valence-corrected chi connectivity index (χ0v) is 10.2. The average Bonchev–Trinajstić information content (AvgIpc) is 2.62. The zero-order chi connectivity index (χ0) is 12.4. The van der Waals surface area contributed by atoms with Crippen molar-refractivity contribution in [1.29, 1.82) is 0 Å². The van der Waals surface area contributed by atoms with Crippen molar-refractivity contribution in [2.24, 2.45) is 7.05 Å². The molecule has 90 valence electrons. The molecule has 17 heavy (non-hydrogen) atoms. The van der Waals surface area contributed by atoms with Crippen molar-refractivity contribution in [2.45, 2.75) is 20.4 Å². The van der Waals surface area contributed by atoms with E-state index in [-0.39, 0.29) is 5.82 Å². The summed E-state index contributed by atoms with van der Waals surface area (Å²) in [7, 11) is 1.91. The fourth-order valence-corrected chi connectivity index (χ4v) is 1.56. The molecule has 0 radical (unpaired) electrons. The summed E-state index contributed by atoms with van der Waals surface area (Å²) in [6.45, 7) is 4.36. The maximum absolute atomic E-state index is 13.1. The first-order chi connectivity index (χ1) is 8.08. The quantitative estimate of drug-likeness (QED) is 0.885. The van der Waals surface area contributed by atoms with E-state index in [1.807, 2.05) is 25.5 Å². The standard InChI is InChI=1S/C12H15FN4/c1-8-4-5-10(13)6-11(8)14-7-12-16-15-9(2)17(12)3/h4-6,14H,7H2,1-3H3. The fourth-order valence-electron chi connectivity index (χ4n) is 1.56. The summed E-state index contributed by atoms with van der Waals surface area (Å²) in [5.41, 5.74) is 1.79. The Bertz CT molecular complexity index is 533. The Balaban J connectivity index is 2.12. The minimum atomic E-state index is -0.243. The number of nitrogens with one attached hydrogen (secondary N) is 1. The van der Waals surface area contributed by atoms with Gasteiger partial charge in [0.25, 0.3) is 0 Å². The minimum absolute atomic E-state index is 0.243. The molecule has 0 aliphatic rings. The molecule has 1 heterocycles. The number of aromatic nitrogens is 3. The third-order valence-corrected chi connectivity index (χ3v) is 2.82. The topological polar surface area (TPSA) is 42.7 Å². The van der Waals surface area contributed by atoms with E-state index in [0.29, 0.717) is 6.54 Å². The molecule has 2 rings (SSSR count). The molecule has 1 aromatic heterocycles. The van der Waals surface area contributed by atoms with E-state index in [2.05, 4.69) is 15.5 Å². The molecule has 0 bridgehead atoms. The van der Waals surface area contributed by atoms with E-state index in [4.69, 9.17) is 0 Å². The lowest BCUT2D eigenvalue weighted by Crippen LogP contribution is -2.07. The predicted molar refractivity (Wildman–Crippen MR) is 64.2 cm³/mol. The van der Waals surface area contributed by atoms with Crippen molar-refractivity contribution in [1.82, 2.24) is 14.8 Å². The van der Waals surface area contributed by atoms with Gasteiger partial charge >= 0.3 is 0 Å². The van der Waals surface area contributed by atoms with Crippen LogP contribution in [0.4, 0.5) is 10.1 Å². The van der Waals surface area contributed by atoms with Gasteiger partial charge in [-0.2, -0.15) is 0 Å². The number of rotatable bonds is 3. The van der Waals surface area contributed by atoms with Crippen LogP contribution in [-0.4, -0.2) is 14.8 Å². The SMILES string of the molecule is Cc1ccc(F)cc1NCc1nnc(C)n1C. The normalized spacial score (nSPS) is 10.6. The molecule has 0 aliphatic carbocycles. The molecule has 0 fully saturated rings. The van der Waals surface area contributed by atoms with E-state index in [0.717, 1.165) is 22.9 Å². The van der Waals surface area contributed by atoms with Crippen molar-refractivity contribution in [3.8, 4) is 0 Å². The molecular weight excluding hydrogens is 219 g/mol. The van der Waals surface area contributed by atoms with Crippen LogP contribution in [0.25, 0.3) is 0 Å². The van der Waals surface area contributed by atoms with Crippen molar-refractivity contribution >= 4 is 5.69 Å². The second-order valence-electron chi connectivity index (χ2n) is 4.04. The van der Waals surface area contributed by atoms with Gasteiger partial charge in [-0.25, -0.2) is 4.39 Å². The number of aryl methyl sites for hydroxylation is 2. The molecule has 0 aliphatic heterocycles. The van der Waals surface area contributed by atoms with E-state index < -0.39 is 0 Å². The number of nitrogens with zero attached hydrogens (tertiary/aromatic N) is 3. The van der Waals surface area contributed by atoms with Crippen molar-refractivity contribution in [3.05, 3.63) is 41.2 Å². The molecule has 0 saturated carbocycles. The second kappa shape index (κ2) is 4.53. The summed E-state index contributed by atoms with van der Waals surface area (Å²) in [5, 5.41) is 11.2. The molecule has 4 nitrogen and oxygen atoms in total. The highest BCUT2D eigenvalue weighted by molar-refractivity contribution is 5.50.